The molecule has 0 unspecified atom stereocenters. The molecule has 1 aliphatic rings. The van der Waals surface area contributed by atoms with Gasteiger partial charge in [-0.15, -0.1) is 0 Å². The van der Waals surface area contributed by atoms with E-state index in [1.165, 1.54) is 0 Å². The van der Waals surface area contributed by atoms with Crippen molar-refractivity contribution in [2.45, 2.75) is 45.1 Å². The molecule has 1 aliphatic carbocycles. The third-order valence-electron chi connectivity index (χ3n) is 2.70. The maximum Gasteiger partial charge on any atom is 0.251 e. The van der Waals surface area contributed by atoms with Crippen LogP contribution < -0.4 is 5.32 Å². The fourth-order valence-corrected chi connectivity index (χ4v) is 1.48. The van der Waals surface area contributed by atoms with E-state index in [2.05, 4.69) is 31.1 Å². The zero-order chi connectivity index (χ0) is 11.8. The molecule has 0 bridgehead atoms. The normalized spacial score (nSPS) is 15.9. The molecule has 16 heavy (non-hydrogen) atoms. The Morgan fingerprint density at radius 1 is 1.44 bits per heavy atom. The summed E-state index contributed by atoms with van der Waals surface area (Å²) in [5, 5.41) is 2.98. The number of aromatic nitrogens is 1. The highest BCUT2D eigenvalue weighted by Gasteiger charge is 2.24. The minimum Gasteiger partial charge on any atom is -0.349 e. The first kappa shape index (κ1) is 11.1. The predicted molar refractivity (Wildman–Crippen MR) is 63.4 cm³/mol. The number of carbonyl (C=O) groups excluding carboxylic acids is 1. The van der Waals surface area contributed by atoms with Crippen LogP contribution >= 0.6 is 0 Å². The predicted octanol–water partition coefficient (Wildman–Crippen LogP) is 2.27. The topological polar surface area (TPSA) is 42.0 Å². The van der Waals surface area contributed by atoms with Gasteiger partial charge in [0.2, 0.25) is 0 Å². The van der Waals surface area contributed by atoms with Crippen molar-refractivity contribution in [1.29, 1.82) is 0 Å². The van der Waals surface area contributed by atoms with Gasteiger partial charge in [-0.05, 0) is 25.0 Å². The number of pyridine rings is 1. The lowest BCUT2D eigenvalue weighted by molar-refractivity contribution is 0.0951. The summed E-state index contributed by atoms with van der Waals surface area (Å²) in [6.45, 7) is 6.29. The number of nitrogens with one attached hydrogen (secondary N) is 1. The molecule has 1 N–H and O–H groups in total. The SMILES string of the molecule is CC(C)(C)c1cc(C(=O)NC2CC2)ccn1. The quantitative estimate of drug-likeness (QED) is 0.827. The highest BCUT2D eigenvalue weighted by atomic mass is 16.1. The van der Waals surface area contributed by atoms with Gasteiger partial charge in [-0.2, -0.15) is 0 Å². The number of hydrogen-bond acceptors (Lipinski definition) is 2. The van der Waals surface area contributed by atoms with E-state index in [4.69, 9.17) is 0 Å². The molecule has 3 nitrogen and oxygen atoms in total. The second-order valence-corrected chi connectivity index (χ2v) is 5.43. The van der Waals surface area contributed by atoms with Gasteiger partial charge >= 0.3 is 0 Å². The molecule has 0 atom stereocenters. The van der Waals surface area contributed by atoms with Crippen molar-refractivity contribution in [1.82, 2.24) is 10.3 Å². The van der Waals surface area contributed by atoms with Crippen molar-refractivity contribution in [3.8, 4) is 0 Å². The van der Waals surface area contributed by atoms with Gasteiger partial charge in [-0.25, -0.2) is 0 Å². The van der Waals surface area contributed by atoms with Gasteiger partial charge in [0.15, 0.2) is 0 Å². The van der Waals surface area contributed by atoms with Crippen molar-refractivity contribution >= 4 is 5.91 Å². The van der Waals surface area contributed by atoms with Gasteiger partial charge in [0, 0.05) is 28.9 Å². The second kappa shape index (κ2) is 3.89. The average Bonchev–Trinajstić information content (AvgIpc) is 3.00. The van der Waals surface area contributed by atoms with Crippen LogP contribution in [0.25, 0.3) is 0 Å². The van der Waals surface area contributed by atoms with Crippen LogP contribution in [-0.4, -0.2) is 16.9 Å². The molecule has 0 spiro atoms. The van der Waals surface area contributed by atoms with Gasteiger partial charge in [-0.3, -0.25) is 9.78 Å². The summed E-state index contributed by atoms with van der Waals surface area (Å²) in [7, 11) is 0. The van der Waals surface area contributed by atoms with Crippen LogP contribution in [0.3, 0.4) is 0 Å². The lowest BCUT2D eigenvalue weighted by Gasteiger charge is -2.18. The first-order valence-electron chi connectivity index (χ1n) is 5.74. The Bertz CT molecular complexity index is 403. The van der Waals surface area contributed by atoms with Crippen molar-refractivity contribution in [2.75, 3.05) is 0 Å². The molecule has 0 radical (unpaired) electrons. The molecule has 0 aliphatic heterocycles. The largest absolute Gasteiger partial charge is 0.349 e. The molecule has 2 rings (SSSR count). The molecule has 0 aromatic carbocycles. The Morgan fingerprint density at radius 2 is 2.12 bits per heavy atom. The minimum atomic E-state index is -0.0180. The van der Waals surface area contributed by atoms with Crippen LogP contribution in [0, 0.1) is 0 Å². The molecule has 1 fully saturated rings. The molecular weight excluding hydrogens is 200 g/mol. The highest BCUT2D eigenvalue weighted by Crippen LogP contribution is 2.22. The lowest BCUT2D eigenvalue weighted by Crippen LogP contribution is -2.26. The molecule has 1 saturated carbocycles. The van der Waals surface area contributed by atoms with E-state index in [0.29, 0.717) is 11.6 Å². The van der Waals surface area contributed by atoms with Crippen molar-refractivity contribution in [2.24, 2.45) is 0 Å². The summed E-state index contributed by atoms with van der Waals surface area (Å²) in [4.78, 5) is 16.1. The monoisotopic (exact) mass is 218 g/mol. The van der Waals surface area contributed by atoms with E-state index < -0.39 is 0 Å². The van der Waals surface area contributed by atoms with Gasteiger partial charge in [-0.1, -0.05) is 20.8 Å². The number of carbonyl (C=O) groups is 1. The third kappa shape index (κ3) is 2.60. The zero-order valence-electron chi connectivity index (χ0n) is 10.1. The van der Waals surface area contributed by atoms with E-state index in [1.807, 2.05) is 6.07 Å². The van der Waals surface area contributed by atoms with Crippen LogP contribution in [0.5, 0.6) is 0 Å². The third-order valence-corrected chi connectivity index (χ3v) is 2.70. The Labute approximate surface area is 96.3 Å². The fourth-order valence-electron chi connectivity index (χ4n) is 1.48. The van der Waals surface area contributed by atoms with Crippen molar-refractivity contribution < 1.29 is 4.79 Å². The van der Waals surface area contributed by atoms with Gasteiger partial charge < -0.3 is 5.32 Å². The average molecular weight is 218 g/mol. The lowest BCUT2D eigenvalue weighted by atomic mass is 9.91. The van der Waals surface area contributed by atoms with Crippen molar-refractivity contribution in [3.63, 3.8) is 0 Å². The van der Waals surface area contributed by atoms with Crippen LogP contribution in [0.15, 0.2) is 18.3 Å². The van der Waals surface area contributed by atoms with Gasteiger partial charge in [0.1, 0.15) is 0 Å². The summed E-state index contributed by atoms with van der Waals surface area (Å²) in [5.41, 5.74) is 1.65. The molecule has 1 aromatic heterocycles. The molecule has 3 heteroatoms. The van der Waals surface area contributed by atoms with E-state index in [0.717, 1.165) is 18.5 Å². The van der Waals surface area contributed by atoms with Crippen LogP contribution in [0.4, 0.5) is 0 Å². The summed E-state index contributed by atoms with van der Waals surface area (Å²) >= 11 is 0. The van der Waals surface area contributed by atoms with Crippen LogP contribution in [-0.2, 0) is 5.41 Å². The first-order chi connectivity index (χ1) is 7.47. The summed E-state index contributed by atoms with van der Waals surface area (Å²) in [5.74, 6) is 0.0235. The molecule has 86 valence electrons. The summed E-state index contributed by atoms with van der Waals surface area (Å²) < 4.78 is 0. The van der Waals surface area contributed by atoms with Gasteiger partial charge in [0.05, 0.1) is 0 Å². The molecule has 1 heterocycles. The highest BCUT2D eigenvalue weighted by molar-refractivity contribution is 5.94. The van der Waals surface area contributed by atoms with E-state index in [9.17, 15) is 4.79 Å². The van der Waals surface area contributed by atoms with Crippen LogP contribution in [0.1, 0.15) is 49.7 Å². The van der Waals surface area contributed by atoms with Crippen LogP contribution in [0.2, 0.25) is 0 Å². The number of nitrogens with zero attached hydrogens (tertiary/aromatic N) is 1. The maximum absolute atomic E-state index is 11.8. The van der Waals surface area contributed by atoms with E-state index in [1.54, 1.807) is 12.3 Å². The molecule has 1 aromatic rings. The molecule has 0 saturated heterocycles. The number of amides is 1. The Kier molecular flexibility index (Phi) is 2.70. The molecule has 1 amide bonds. The van der Waals surface area contributed by atoms with Crippen molar-refractivity contribution in [3.05, 3.63) is 29.6 Å². The zero-order valence-corrected chi connectivity index (χ0v) is 10.1. The Balaban J connectivity index is 2.17. The number of hydrogen-bond donors (Lipinski definition) is 1. The first-order valence-corrected chi connectivity index (χ1v) is 5.74. The summed E-state index contributed by atoms with van der Waals surface area (Å²) in [6, 6.07) is 4.06. The summed E-state index contributed by atoms with van der Waals surface area (Å²) in [6.07, 6.45) is 3.94. The van der Waals surface area contributed by atoms with E-state index >= 15 is 0 Å². The Morgan fingerprint density at radius 3 is 2.69 bits per heavy atom. The number of rotatable bonds is 2. The van der Waals surface area contributed by atoms with E-state index in [-0.39, 0.29) is 11.3 Å². The second-order valence-electron chi connectivity index (χ2n) is 5.43. The van der Waals surface area contributed by atoms with Gasteiger partial charge in [0.25, 0.3) is 5.91 Å². The standard InChI is InChI=1S/C13H18N2O/c1-13(2,3)11-8-9(6-7-14-11)12(16)15-10-4-5-10/h6-8,10H,4-5H2,1-3H3,(H,15,16). The molecular formula is C13H18N2O. The maximum atomic E-state index is 11.8. The smallest absolute Gasteiger partial charge is 0.251 e. The Hall–Kier alpha value is -1.38. The fraction of sp³-hybridized carbons (Fsp3) is 0.538. The minimum absolute atomic E-state index is 0.0180.